The second kappa shape index (κ2) is 16.6. The summed E-state index contributed by atoms with van der Waals surface area (Å²) in [5, 5.41) is 8.39. The third-order valence-corrected chi connectivity index (χ3v) is 8.65. The van der Waals surface area contributed by atoms with Gasteiger partial charge in [0.15, 0.2) is 0 Å². The zero-order valence-corrected chi connectivity index (χ0v) is 26.6. The van der Waals surface area contributed by atoms with E-state index in [1.165, 1.54) is 0 Å². The lowest BCUT2D eigenvalue weighted by molar-refractivity contribution is -0.123. The van der Waals surface area contributed by atoms with E-state index in [1.807, 2.05) is 60.7 Å². The largest absolute Gasteiger partial charge is 0.530 e. The summed E-state index contributed by atoms with van der Waals surface area (Å²) in [6.45, 7) is 1.76. The summed E-state index contributed by atoms with van der Waals surface area (Å²) in [4.78, 5) is 39.7. The van der Waals surface area contributed by atoms with Crippen molar-refractivity contribution in [3.8, 4) is 5.75 Å². The molecule has 1 atom stereocenters. The van der Waals surface area contributed by atoms with Crippen LogP contribution in [-0.2, 0) is 38.0 Å². The molecule has 0 aliphatic carbocycles. The highest BCUT2D eigenvalue weighted by molar-refractivity contribution is 7.48. The monoisotopic (exact) mass is 656 g/mol. The van der Waals surface area contributed by atoms with Gasteiger partial charge in [-0.25, -0.2) is 9.36 Å². The molecule has 5 rings (SSSR count). The van der Waals surface area contributed by atoms with Crippen molar-refractivity contribution < 1.29 is 32.5 Å². The Hall–Kier alpha value is -4.96. The zero-order valence-electron chi connectivity index (χ0n) is 25.7. The van der Waals surface area contributed by atoms with E-state index in [0.29, 0.717) is 25.2 Å². The van der Waals surface area contributed by atoms with E-state index in [-0.39, 0.29) is 43.9 Å². The highest BCUT2D eigenvalue weighted by atomic mass is 31.2. The maximum absolute atomic E-state index is 13.8. The van der Waals surface area contributed by atoms with Gasteiger partial charge in [-0.3, -0.25) is 18.6 Å². The summed E-state index contributed by atoms with van der Waals surface area (Å²) in [5.41, 5.74) is 2.75. The number of rotatable bonds is 16. The van der Waals surface area contributed by atoms with Crippen molar-refractivity contribution in [2.75, 3.05) is 26.2 Å². The minimum atomic E-state index is -4.06. The summed E-state index contributed by atoms with van der Waals surface area (Å²) in [7, 11) is -4.06. The number of phosphoric acid groups is 1. The molecular formula is C35H37N4O7P. The van der Waals surface area contributed by atoms with E-state index in [0.717, 1.165) is 16.7 Å². The lowest BCUT2D eigenvalue weighted by Crippen LogP contribution is -2.49. The lowest BCUT2D eigenvalue weighted by Gasteiger charge is -2.21. The van der Waals surface area contributed by atoms with Crippen molar-refractivity contribution in [3.05, 3.63) is 138 Å². The zero-order chi connectivity index (χ0) is 32.9. The summed E-state index contributed by atoms with van der Waals surface area (Å²) >= 11 is 0. The van der Waals surface area contributed by atoms with E-state index in [2.05, 4.69) is 16.0 Å². The quantitative estimate of drug-likeness (QED) is 0.143. The predicted octanol–water partition coefficient (Wildman–Crippen LogP) is 5.09. The van der Waals surface area contributed by atoms with Crippen LogP contribution in [0.1, 0.15) is 27.0 Å². The number of nitrogens with one attached hydrogen (secondary N) is 3. The molecule has 0 bridgehead atoms. The third-order valence-electron chi connectivity index (χ3n) is 7.33. The fourth-order valence-electron chi connectivity index (χ4n) is 4.80. The van der Waals surface area contributed by atoms with E-state index in [9.17, 15) is 18.9 Å². The molecule has 0 radical (unpaired) electrons. The van der Waals surface area contributed by atoms with Gasteiger partial charge in [-0.05, 0) is 41.0 Å². The van der Waals surface area contributed by atoms with E-state index in [1.54, 1.807) is 59.5 Å². The van der Waals surface area contributed by atoms with Gasteiger partial charge >= 0.3 is 13.9 Å². The van der Waals surface area contributed by atoms with Gasteiger partial charge in [0.05, 0.1) is 13.2 Å². The highest BCUT2D eigenvalue weighted by Crippen LogP contribution is 2.51. The van der Waals surface area contributed by atoms with Gasteiger partial charge in [0.2, 0.25) is 5.91 Å². The Morgan fingerprint density at radius 2 is 1.36 bits per heavy atom. The molecule has 1 aliphatic rings. The van der Waals surface area contributed by atoms with Gasteiger partial charge in [-0.15, -0.1) is 0 Å². The van der Waals surface area contributed by atoms with Crippen molar-refractivity contribution in [1.82, 2.24) is 20.9 Å². The van der Waals surface area contributed by atoms with Crippen molar-refractivity contribution >= 4 is 25.7 Å². The van der Waals surface area contributed by atoms with Crippen LogP contribution in [-0.4, -0.2) is 55.0 Å². The first kappa shape index (κ1) is 33.4. The molecule has 4 amide bonds. The molecule has 47 heavy (non-hydrogen) atoms. The molecule has 0 saturated carbocycles. The number of urea groups is 1. The van der Waals surface area contributed by atoms with Crippen LogP contribution in [0, 0.1) is 0 Å². The summed E-state index contributed by atoms with van der Waals surface area (Å²) in [6, 6.07) is 32.8. The van der Waals surface area contributed by atoms with Crippen LogP contribution in [0.25, 0.3) is 0 Å². The van der Waals surface area contributed by atoms with Gasteiger partial charge in [0.25, 0.3) is 5.91 Å². The fraction of sp³-hybridized carbons (Fsp3) is 0.229. The number of phosphoric ester groups is 1. The van der Waals surface area contributed by atoms with Gasteiger partial charge < -0.3 is 25.4 Å². The van der Waals surface area contributed by atoms with Crippen LogP contribution < -0.4 is 20.5 Å². The first-order valence-electron chi connectivity index (χ1n) is 15.3. The normalized spacial score (nSPS) is 13.4. The average Bonchev–Trinajstić information content (AvgIpc) is 3.52. The topological polar surface area (TPSA) is 135 Å². The Balaban J connectivity index is 1.25. The number of hydrogen-bond donors (Lipinski definition) is 3. The number of carbonyl (C=O) groups is 3. The molecule has 1 heterocycles. The molecule has 0 aromatic heterocycles. The Morgan fingerprint density at radius 3 is 1.91 bits per heavy atom. The number of carbonyl (C=O) groups excluding carboxylic acids is 3. The van der Waals surface area contributed by atoms with Gasteiger partial charge in [0, 0.05) is 38.2 Å². The van der Waals surface area contributed by atoms with Crippen molar-refractivity contribution in [3.63, 3.8) is 0 Å². The first-order valence-corrected chi connectivity index (χ1v) is 16.7. The molecule has 4 aromatic carbocycles. The van der Waals surface area contributed by atoms with E-state index < -0.39 is 19.8 Å². The van der Waals surface area contributed by atoms with Gasteiger partial charge in [0.1, 0.15) is 11.8 Å². The third kappa shape index (κ3) is 10.3. The number of amides is 4. The maximum atomic E-state index is 13.8. The second-order valence-electron chi connectivity index (χ2n) is 10.8. The van der Waals surface area contributed by atoms with Crippen LogP contribution in [0.15, 0.2) is 115 Å². The Labute approximate surface area is 273 Å². The number of benzene rings is 4. The van der Waals surface area contributed by atoms with Crippen LogP contribution in [0.3, 0.4) is 0 Å². The molecule has 1 saturated heterocycles. The molecule has 244 valence electrons. The van der Waals surface area contributed by atoms with E-state index >= 15 is 0 Å². The first-order chi connectivity index (χ1) is 22.9. The molecule has 3 N–H and O–H groups in total. The lowest BCUT2D eigenvalue weighted by atomic mass is 10.0. The van der Waals surface area contributed by atoms with Crippen molar-refractivity contribution in [2.24, 2.45) is 0 Å². The van der Waals surface area contributed by atoms with Crippen LogP contribution in [0.4, 0.5) is 4.79 Å². The molecular weight excluding hydrogens is 619 g/mol. The minimum Gasteiger partial charge on any atom is -0.404 e. The van der Waals surface area contributed by atoms with Crippen LogP contribution in [0.5, 0.6) is 5.75 Å². The number of nitrogens with zero attached hydrogens (tertiary/aromatic N) is 1. The van der Waals surface area contributed by atoms with E-state index in [4.69, 9.17) is 13.6 Å². The van der Waals surface area contributed by atoms with Crippen molar-refractivity contribution in [1.29, 1.82) is 0 Å². The van der Waals surface area contributed by atoms with Crippen LogP contribution >= 0.6 is 7.82 Å². The van der Waals surface area contributed by atoms with Crippen LogP contribution in [0.2, 0.25) is 0 Å². The predicted molar refractivity (Wildman–Crippen MR) is 177 cm³/mol. The standard InChI is InChI=1S/C35H37N4O7P/c40-33(30-14-8-3-9-15-30)38-32(34(41)36-20-22-39-23-21-37-35(39)42)24-27-16-18-31(19-17-27)46-47(43,44-25-28-10-4-1-5-11-28)45-26-29-12-6-2-7-13-29/h1-19,32H,20-26H2,(H,36,41)(H,37,42)(H,38,40)/t32-/m0/s1. The molecule has 12 heteroatoms. The van der Waals surface area contributed by atoms with Crippen molar-refractivity contribution in [2.45, 2.75) is 25.7 Å². The Bertz CT molecular complexity index is 1610. The minimum absolute atomic E-state index is 0.0192. The molecule has 1 aliphatic heterocycles. The molecule has 11 nitrogen and oxygen atoms in total. The SMILES string of the molecule is O=C(N[C@@H](Cc1ccc(OP(=O)(OCc2ccccc2)OCc2ccccc2)cc1)C(=O)NCCN1CCNC1=O)c1ccccc1. The molecule has 4 aromatic rings. The van der Waals surface area contributed by atoms with Gasteiger partial charge in [-0.2, -0.15) is 0 Å². The summed E-state index contributed by atoms with van der Waals surface area (Å²) < 4.78 is 31.0. The maximum Gasteiger partial charge on any atom is 0.530 e. The molecule has 0 unspecified atom stereocenters. The Kier molecular flexibility index (Phi) is 11.8. The fourth-order valence-corrected chi connectivity index (χ4v) is 5.97. The van der Waals surface area contributed by atoms with Gasteiger partial charge in [-0.1, -0.05) is 91.0 Å². The summed E-state index contributed by atoms with van der Waals surface area (Å²) in [6.07, 6.45) is 0.168. The Morgan fingerprint density at radius 1 is 0.787 bits per heavy atom. The molecule has 1 fully saturated rings. The molecule has 0 spiro atoms. The highest BCUT2D eigenvalue weighted by Gasteiger charge is 2.29. The second-order valence-corrected chi connectivity index (χ2v) is 12.4. The summed E-state index contributed by atoms with van der Waals surface area (Å²) in [5.74, 6) is -0.532. The average molecular weight is 657 g/mol. The smallest absolute Gasteiger partial charge is 0.404 e. The number of hydrogen-bond acceptors (Lipinski definition) is 7.